The quantitative estimate of drug-likeness (QED) is 0.743. The summed E-state index contributed by atoms with van der Waals surface area (Å²) < 4.78 is 0. The fraction of sp³-hybridized carbons (Fsp3) is 0.867. The highest BCUT2D eigenvalue weighted by Crippen LogP contribution is 2.38. The number of carbonyl (C=O) groups is 2. The van der Waals surface area contributed by atoms with E-state index in [9.17, 15) is 9.59 Å². The number of primary amides is 1. The van der Waals surface area contributed by atoms with Crippen LogP contribution in [0.3, 0.4) is 0 Å². The van der Waals surface area contributed by atoms with Crippen LogP contribution in [0.2, 0.25) is 0 Å². The standard InChI is InChI=1S/C15H28N2O2/c1-5-6-11(13(16)18)12(9-10-7-8-10)14(19)17-15(2,3)4/h10-12H,5-9H2,1-4H3,(H2,16,18)(H,17,19)/t11?,12-/m1/s1. The third-order valence-electron chi connectivity index (χ3n) is 3.57. The minimum absolute atomic E-state index is 0.0170. The second kappa shape index (κ2) is 6.40. The molecule has 1 aliphatic carbocycles. The molecule has 0 aromatic rings. The van der Waals surface area contributed by atoms with Crippen molar-refractivity contribution in [2.75, 3.05) is 0 Å². The fourth-order valence-electron chi connectivity index (χ4n) is 2.48. The van der Waals surface area contributed by atoms with Gasteiger partial charge < -0.3 is 11.1 Å². The lowest BCUT2D eigenvalue weighted by Gasteiger charge is -2.28. The molecule has 0 bridgehead atoms. The summed E-state index contributed by atoms with van der Waals surface area (Å²) >= 11 is 0. The Hall–Kier alpha value is -1.06. The van der Waals surface area contributed by atoms with Crippen LogP contribution in [0.4, 0.5) is 0 Å². The molecule has 1 unspecified atom stereocenters. The molecule has 4 heteroatoms. The topological polar surface area (TPSA) is 72.2 Å². The van der Waals surface area contributed by atoms with Crippen LogP contribution >= 0.6 is 0 Å². The van der Waals surface area contributed by atoms with E-state index in [1.807, 2.05) is 27.7 Å². The molecule has 1 aliphatic rings. The molecule has 0 spiro atoms. The Balaban J connectivity index is 2.78. The van der Waals surface area contributed by atoms with Crippen LogP contribution in [0.15, 0.2) is 0 Å². The Morgan fingerprint density at radius 2 is 1.84 bits per heavy atom. The van der Waals surface area contributed by atoms with E-state index in [0.29, 0.717) is 12.3 Å². The summed E-state index contributed by atoms with van der Waals surface area (Å²) in [5, 5.41) is 3.00. The Bertz CT molecular complexity index is 330. The summed E-state index contributed by atoms with van der Waals surface area (Å²) in [5.74, 6) is -0.334. The average Bonchev–Trinajstić information content (AvgIpc) is 3.04. The molecule has 0 saturated heterocycles. The molecule has 0 radical (unpaired) electrons. The van der Waals surface area contributed by atoms with Gasteiger partial charge in [0.25, 0.3) is 0 Å². The molecular weight excluding hydrogens is 240 g/mol. The van der Waals surface area contributed by atoms with Gasteiger partial charge in [-0.05, 0) is 39.5 Å². The lowest BCUT2D eigenvalue weighted by Crippen LogP contribution is -2.47. The largest absolute Gasteiger partial charge is 0.369 e. The molecule has 0 aromatic heterocycles. The third kappa shape index (κ3) is 5.62. The van der Waals surface area contributed by atoms with Gasteiger partial charge in [-0.2, -0.15) is 0 Å². The Morgan fingerprint density at radius 3 is 2.21 bits per heavy atom. The van der Waals surface area contributed by atoms with Gasteiger partial charge in [-0.15, -0.1) is 0 Å². The number of amides is 2. The molecule has 2 amide bonds. The lowest BCUT2D eigenvalue weighted by atomic mass is 9.83. The molecule has 0 aliphatic heterocycles. The van der Waals surface area contributed by atoms with Crippen LogP contribution in [-0.4, -0.2) is 17.4 Å². The summed E-state index contributed by atoms with van der Waals surface area (Å²) in [7, 11) is 0. The van der Waals surface area contributed by atoms with Crippen LogP contribution in [-0.2, 0) is 9.59 Å². The van der Waals surface area contributed by atoms with Gasteiger partial charge in [-0.25, -0.2) is 0 Å². The van der Waals surface area contributed by atoms with Crippen LogP contribution in [0, 0.1) is 17.8 Å². The van der Waals surface area contributed by atoms with Gasteiger partial charge in [0.15, 0.2) is 0 Å². The predicted octanol–water partition coefficient (Wildman–Crippen LogP) is 2.22. The van der Waals surface area contributed by atoms with Crippen molar-refractivity contribution in [3.8, 4) is 0 Å². The second-order valence-electron chi connectivity index (χ2n) is 6.82. The zero-order valence-corrected chi connectivity index (χ0v) is 12.7. The van der Waals surface area contributed by atoms with E-state index in [2.05, 4.69) is 5.32 Å². The predicted molar refractivity (Wildman–Crippen MR) is 76.3 cm³/mol. The lowest BCUT2D eigenvalue weighted by molar-refractivity contribution is -0.135. The smallest absolute Gasteiger partial charge is 0.224 e. The number of hydrogen-bond acceptors (Lipinski definition) is 2. The van der Waals surface area contributed by atoms with Gasteiger partial charge in [0.2, 0.25) is 11.8 Å². The fourth-order valence-corrected chi connectivity index (χ4v) is 2.48. The Morgan fingerprint density at radius 1 is 1.26 bits per heavy atom. The van der Waals surface area contributed by atoms with Crippen LogP contribution in [0.25, 0.3) is 0 Å². The van der Waals surface area contributed by atoms with Crippen LogP contribution in [0.5, 0.6) is 0 Å². The first-order valence-electron chi connectivity index (χ1n) is 7.36. The number of nitrogens with one attached hydrogen (secondary N) is 1. The maximum atomic E-state index is 12.4. The van der Waals surface area contributed by atoms with E-state index in [0.717, 1.165) is 12.8 Å². The minimum Gasteiger partial charge on any atom is -0.369 e. The second-order valence-corrected chi connectivity index (χ2v) is 6.82. The summed E-state index contributed by atoms with van der Waals surface area (Å²) in [5.41, 5.74) is 5.23. The molecule has 0 aromatic carbocycles. The van der Waals surface area contributed by atoms with E-state index < -0.39 is 0 Å². The van der Waals surface area contributed by atoms with E-state index in [1.54, 1.807) is 0 Å². The number of carbonyl (C=O) groups excluding carboxylic acids is 2. The van der Waals surface area contributed by atoms with E-state index in [1.165, 1.54) is 12.8 Å². The van der Waals surface area contributed by atoms with Crippen molar-refractivity contribution in [1.82, 2.24) is 5.32 Å². The number of nitrogens with two attached hydrogens (primary N) is 1. The Labute approximate surface area is 116 Å². The molecule has 19 heavy (non-hydrogen) atoms. The zero-order chi connectivity index (χ0) is 14.6. The minimum atomic E-state index is -0.337. The molecule has 0 heterocycles. The maximum Gasteiger partial charge on any atom is 0.224 e. The van der Waals surface area contributed by atoms with Gasteiger partial charge >= 0.3 is 0 Å². The zero-order valence-electron chi connectivity index (χ0n) is 12.7. The van der Waals surface area contributed by atoms with E-state index >= 15 is 0 Å². The van der Waals surface area contributed by atoms with Crippen molar-refractivity contribution in [3.63, 3.8) is 0 Å². The van der Waals surface area contributed by atoms with E-state index in [4.69, 9.17) is 5.73 Å². The number of hydrogen-bond donors (Lipinski definition) is 2. The van der Waals surface area contributed by atoms with Crippen molar-refractivity contribution in [2.45, 2.75) is 65.3 Å². The van der Waals surface area contributed by atoms with Crippen molar-refractivity contribution >= 4 is 11.8 Å². The molecule has 110 valence electrons. The highest BCUT2D eigenvalue weighted by atomic mass is 16.2. The van der Waals surface area contributed by atoms with Gasteiger partial charge in [0.05, 0.1) is 0 Å². The summed E-state index contributed by atoms with van der Waals surface area (Å²) in [6.07, 6.45) is 4.73. The van der Waals surface area contributed by atoms with Crippen molar-refractivity contribution in [3.05, 3.63) is 0 Å². The highest BCUT2D eigenvalue weighted by molar-refractivity contribution is 5.87. The molecule has 1 rings (SSSR count). The summed E-state index contributed by atoms with van der Waals surface area (Å²) in [6.45, 7) is 7.89. The number of rotatable bonds is 7. The van der Waals surface area contributed by atoms with Gasteiger partial charge in [0.1, 0.15) is 0 Å². The van der Waals surface area contributed by atoms with Gasteiger partial charge in [-0.1, -0.05) is 26.2 Å². The first-order chi connectivity index (χ1) is 8.74. The molecule has 4 nitrogen and oxygen atoms in total. The average molecular weight is 268 g/mol. The van der Waals surface area contributed by atoms with Gasteiger partial charge in [-0.3, -0.25) is 9.59 Å². The molecule has 2 atom stereocenters. The third-order valence-corrected chi connectivity index (χ3v) is 3.57. The monoisotopic (exact) mass is 268 g/mol. The van der Waals surface area contributed by atoms with Crippen LogP contribution in [0.1, 0.15) is 59.8 Å². The normalized spacial score (nSPS) is 18.7. The van der Waals surface area contributed by atoms with Crippen molar-refractivity contribution < 1.29 is 9.59 Å². The van der Waals surface area contributed by atoms with Crippen molar-refractivity contribution in [1.29, 1.82) is 0 Å². The molecular formula is C15H28N2O2. The maximum absolute atomic E-state index is 12.4. The SMILES string of the molecule is CCCC(C(N)=O)[C@@H](CC1CC1)C(=O)NC(C)(C)C. The first kappa shape index (κ1) is 16.0. The van der Waals surface area contributed by atoms with Crippen LogP contribution < -0.4 is 11.1 Å². The summed E-state index contributed by atoms with van der Waals surface area (Å²) in [6, 6.07) is 0. The van der Waals surface area contributed by atoms with Gasteiger partial charge in [0, 0.05) is 17.4 Å². The molecule has 3 N–H and O–H groups in total. The summed E-state index contributed by atoms with van der Waals surface area (Å²) in [4.78, 5) is 24.1. The van der Waals surface area contributed by atoms with Crippen molar-refractivity contribution in [2.24, 2.45) is 23.5 Å². The molecule has 1 saturated carbocycles. The molecule has 1 fully saturated rings. The Kier molecular flexibility index (Phi) is 5.39. The highest BCUT2D eigenvalue weighted by Gasteiger charge is 2.37. The first-order valence-corrected chi connectivity index (χ1v) is 7.36. The van der Waals surface area contributed by atoms with E-state index in [-0.39, 0.29) is 29.2 Å².